The molecule has 2 N–H and O–H groups in total. The number of rotatable bonds is 5. The first kappa shape index (κ1) is 15.9. The van der Waals surface area contributed by atoms with Gasteiger partial charge in [-0.1, -0.05) is 39.7 Å². The van der Waals surface area contributed by atoms with Crippen LogP contribution in [-0.4, -0.2) is 12.5 Å². The number of hydrogen-bond donors (Lipinski definition) is 2. The van der Waals surface area contributed by atoms with Crippen LogP contribution in [0.3, 0.4) is 0 Å². The fraction of sp³-hybridized carbons (Fsp3) is 0.188. The van der Waals surface area contributed by atoms with E-state index in [0.29, 0.717) is 18.0 Å². The molecule has 21 heavy (non-hydrogen) atoms. The summed E-state index contributed by atoms with van der Waals surface area (Å²) in [6, 6.07) is 13.2. The zero-order valence-corrected chi connectivity index (χ0v) is 14.0. The standard InChI is InChI=1S/C16H16BrClN2O/c1-11-10-12(17)6-7-14(11)20-16(21)8-9-19-15-5-3-2-4-13(15)18/h2-7,10,19H,8-9H2,1H3,(H,20,21). The third-order valence-electron chi connectivity index (χ3n) is 3.00. The first-order chi connectivity index (χ1) is 10.1. The van der Waals surface area contributed by atoms with E-state index in [2.05, 4.69) is 26.6 Å². The molecule has 0 aliphatic carbocycles. The normalized spacial score (nSPS) is 10.2. The number of para-hydroxylation sites is 1. The molecule has 0 fully saturated rings. The van der Waals surface area contributed by atoms with E-state index in [9.17, 15) is 4.79 Å². The molecule has 0 saturated carbocycles. The van der Waals surface area contributed by atoms with Gasteiger partial charge < -0.3 is 10.6 Å². The van der Waals surface area contributed by atoms with Crippen LogP contribution in [0.1, 0.15) is 12.0 Å². The van der Waals surface area contributed by atoms with Gasteiger partial charge in [0.1, 0.15) is 0 Å². The molecule has 1 amide bonds. The van der Waals surface area contributed by atoms with E-state index in [4.69, 9.17) is 11.6 Å². The molecule has 2 aromatic carbocycles. The first-order valence-electron chi connectivity index (χ1n) is 6.60. The van der Waals surface area contributed by atoms with Crippen LogP contribution < -0.4 is 10.6 Å². The highest BCUT2D eigenvalue weighted by Crippen LogP contribution is 2.21. The molecule has 0 radical (unpaired) electrons. The average Bonchev–Trinajstić information content (AvgIpc) is 2.44. The lowest BCUT2D eigenvalue weighted by molar-refractivity contribution is -0.115. The molecule has 0 bridgehead atoms. The van der Waals surface area contributed by atoms with Gasteiger partial charge >= 0.3 is 0 Å². The monoisotopic (exact) mass is 366 g/mol. The van der Waals surface area contributed by atoms with Crippen molar-refractivity contribution in [1.82, 2.24) is 0 Å². The van der Waals surface area contributed by atoms with E-state index in [0.717, 1.165) is 21.4 Å². The van der Waals surface area contributed by atoms with Gasteiger partial charge in [0.2, 0.25) is 5.91 Å². The highest BCUT2D eigenvalue weighted by Gasteiger charge is 2.05. The molecule has 0 aliphatic heterocycles. The molecule has 110 valence electrons. The SMILES string of the molecule is Cc1cc(Br)ccc1NC(=O)CCNc1ccccc1Cl. The van der Waals surface area contributed by atoms with Gasteiger partial charge in [0, 0.05) is 23.1 Å². The number of hydrogen-bond acceptors (Lipinski definition) is 2. The van der Waals surface area contributed by atoms with Crippen molar-refractivity contribution in [3.05, 3.63) is 57.5 Å². The van der Waals surface area contributed by atoms with Crippen molar-refractivity contribution in [3.8, 4) is 0 Å². The summed E-state index contributed by atoms with van der Waals surface area (Å²) in [6.07, 6.45) is 0.376. The third kappa shape index (κ3) is 4.76. The molecular formula is C16H16BrClN2O. The van der Waals surface area contributed by atoms with E-state index >= 15 is 0 Å². The zero-order chi connectivity index (χ0) is 15.2. The van der Waals surface area contributed by atoms with Gasteiger partial charge in [-0.05, 0) is 42.8 Å². The number of carbonyl (C=O) groups is 1. The van der Waals surface area contributed by atoms with E-state index in [1.54, 1.807) is 0 Å². The number of anilines is 2. The maximum Gasteiger partial charge on any atom is 0.226 e. The molecule has 3 nitrogen and oxygen atoms in total. The van der Waals surface area contributed by atoms with Crippen molar-refractivity contribution >= 4 is 44.8 Å². The van der Waals surface area contributed by atoms with Crippen molar-refractivity contribution in [2.24, 2.45) is 0 Å². The fourth-order valence-electron chi connectivity index (χ4n) is 1.90. The third-order valence-corrected chi connectivity index (χ3v) is 3.83. The second-order valence-corrected chi connectivity index (χ2v) is 5.99. The van der Waals surface area contributed by atoms with Gasteiger partial charge in [0.15, 0.2) is 0 Å². The minimum absolute atomic E-state index is 0.0278. The van der Waals surface area contributed by atoms with Crippen LogP contribution in [0.4, 0.5) is 11.4 Å². The quantitative estimate of drug-likeness (QED) is 0.793. The molecule has 0 aromatic heterocycles. The summed E-state index contributed by atoms with van der Waals surface area (Å²) in [5.41, 5.74) is 2.70. The second kappa shape index (κ2) is 7.48. The summed E-state index contributed by atoms with van der Waals surface area (Å²) in [5, 5.41) is 6.71. The summed E-state index contributed by atoms with van der Waals surface area (Å²) < 4.78 is 0.999. The number of amides is 1. The van der Waals surface area contributed by atoms with Gasteiger partial charge in [0.05, 0.1) is 10.7 Å². The largest absolute Gasteiger partial charge is 0.383 e. The molecule has 0 saturated heterocycles. The minimum Gasteiger partial charge on any atom is -0.383 e. The zero-order valence-electron chi connectivity index (χ0n) is 11.6. The summed E-state index contributed by atoms with van der Waals surface area (Å²) in [4.78, 5) is 11.9. The molecule has 5 heteroatoms. The lowest BCUT2D eigenvalue weighted by atomic mass is 10.2. The first-order valence-corrected chi connectivity index (χ1v) is 7.78. The molecule has 0 heterocycles. The van der Waals surface area contributed by atoms with Crippen LogP contribution in [0, 0.1) is 6.92 Å². The van der Waals surface area contributed by atoms with Gasteiger partial charge in [-0.3, -0.25) is 4.79 Å². The Balaban J connectivity index is 1.84. The van der Waals surface area contributed by atoms with Crippen LogP contribution in [0.5, 0.6) is 0 Å². The van der Waals surface area contributed by atoms with Crippen LogP contribution in [0.2, 0.25) is 5.02 Å². The Bertz CT molecular complexity index is 646. The Morgan fingerprint density at radius 3 is 2.67 bits per heavy atom. The predicted molar refractivity (Wildman–Crippen MR) is 92.1 cm³/mol. The number of halogens is 2. The van der Waals surface area contributed by atoms with Crippen molar-refractivity contribution in [2.45, 2.75) is 13.3 Å². The Labute approximate surface area is 137 Å². The lowest BCUT2D eigenvalue weighted by Gasteiger charge is -2.10. The Kier molecular flexibility index (Phi) is 5.65. The van der Waals surface area contributed by atoms with Crippen molar-refractivity contribution < 1.29 is 4.79 Å². The molecule has 0 atom stereocenters. The molecule has 0 unspecified atom stereocenters. The molecule has 2 rings (SSSR count). The van der Waals surface area contributed by atoms with E-state index in [-0.39, 0.29) is 5.91 Å². The Morgan fingerprint density at radius 2 is 1.95 bits per heavy atom. The molecule has 0 spiro atoms. The molecular weight excluding hydrogens is 352 g/mol. The van der Waals surface area contributed by atoms with Crippen LogP contribution in [0.15, 0.2) is 46.9 Å². The smallest absolute Gasteiger partial charge is 0.226 e. The number of aryl methyl sites for hydroxylation is 1. The Hall–Kier alpha value is -1.52. The maximum absolute atomic E-state index is 11.9. The van der Waals surface area contributed by atoms with E-state index < -0.39 is 0 Å². The number of benzene rings is 2. The van der Waals surface area contributed by atoms with Crippen molar-refractivity contribution in [1.29, 1.82) is 0 Å². The van der Waals surface area contributed by atoms with Crippen molar-refractivity contribution in [3.63, 3.8) is 0 Å². The van der Waals surface area contributed by atoms with Gasteiger partial charge in [-0.15, -0.1) is 0 Å². The molecule has 0 aliphatic rings. The molecule has 2 aromatic rings. The summed E-state index contributed by atoms with van der Waals surface area (Å²) >= 11 is 9.44. The summed E-state index contributed by atoms with van der Waals surface area (Å²) in [6.45, 7) is 2.49. The summed E-state index contributed by atoms with van der Waals surface area (Å²) in [7, 11) is 0. The average molecular weight is 368 g/mol. The lowest BCUT2D eigenvalue weighted by Crippen LogP contribution is -2.16. The number of nitrogens with one attached hydrogen (secondary N) is 2. The van der Waals surface area contributed by atoms with Crippen LogP contribution in [-0.2, 0) is 4.79 Å². The minimum atomic E-state index is -0.0278. The van der Waals surface area contributed by atoms with E-state index in [1.165, 1.54) is 0 Å². The Morgan fingerprint density at radius 1 is 1.19 bits per heavy atom. The number of carbonyl (C=O) groups excluding carboxylic acids is 1. The van der Waals surface area contributed by atoms with E-state index in [1.807, 2.05) is 49.4 Å². The summed E-state index contributed by atoms with van der Waals surface area (Å²) in [5.74, 6) is -0.0278. The fourth-order valence-corrected chi connectivity index (χ4v) is 2.57. The van der Waals surface area contributed by atoms with Gasteiger partial charge in [-0.2, -0.15) is 0 Å². The van der Waals surface area contributed by atoms with Crippen LogP contribution >= 0.6 is 27.5 Å². The van der Waals surface area contributed by atoms with Crippen molar-refractivity contribution in [2.75, 3.05) is 17.2 Å². The maximum atomic E-state index is 11.9. The highest BCUT2D eigenvalue weighted by atomic mass is 79.9. The second-order valence-electron chi connectivity index (χ2n) is 4.66. The van der Waals surface area contributed by atoms with Gasteiger partial charge in [-0.25, -0.2) is 0 Å². The van der Waals surface area contributed by atoms with Crippen LogP contribution in [0.25, 0.3) is 0 Å². The predicted octanol–water partition coefficient (Wildman–Crippen LogP) is 4.85. The highest BCUT2D eigenvalue weighted by molar-refractivity contribution is 9.10. The topological polar surface area (TPSA) is 41.1 Å². The van der Waals surface area contributed by atoms with Gasteiger partial charge in [0.25, 0.3) is 0 Å².